The average Bonchev–Trinajstić information content (AvgIpc) is 3.22. The third-order valence-corrected chi connectivity index (χ3v) is 4.84. The van der Waals surface area contributed by atoms with Gasteiger partial charge in [-0.25, -0.2) is 0 Å². The highest BCUT2D eigenvalue weighted by atomic mass is 16.5. The second-order valence-electron chi connectivity index (χ2n) is 6.84. The summed E-state index contributed by atoms with van der Waals surface area (Å²) >= 11 is 0. The molecule has 7 nitrogen and oxygen atoms in total. The molecule has 1 aromatic heterocycles. The van der Waals surface area contributed by atoms with Crippen LogP contribution in [0.2, 0.25) is 0 Å². The van der Waals surface area contributed by atoms with E-state index in [1.165, 1.54) is 6.42 Å². The Labute approximate surface area is 146 Å². The number of hydrogen-bond donors (Lipinski definition) is 2. The Hall–Kier alpha value is -2.41. The van der Waals surface area contributed by atoms with Crippen molar-refractivity contribution in [2.75, 3.05) is 11.9 Å². The molecule has 7 heteroatoms. The number of aromatic nitrogens is 2. The van der Waals surface area contributed by atoms with Crippen LogP contribution in [0.3, 0.4) is 0 Å². The number of carbonyl (C=O) groups excluding carboxylic acids is 1. The second-order valence-corrected chi connectivity index (χ2v) is 6.84. The molecule has 2 atom stereocenters. The summed E-state index contributed by atoms with van der Waals surface area (Å²) in [7, 11) is 0. The summed E-state index contributed by atoms with van der Waals surface area (Å²) in [4.78, 5) is 11.4. The molecule has 1 saturated carbocycles. The minimum absolute atomic E-state index is 0.0909. The van der Waals surface area contributed by atoms with E-state index >= 15 is 0 Å². The smallest absolute Gasteiger partial charge is 0.262 e. The molecule has 2 heterocycles. The van der Waals surface area contributed by atoms with Crippen LogP contribution in [0.5, 0.6) is 5.75 Å². The van der Waals surface area contributed by atoms with E-state index < -0.39 is 0 Å². The van der Waals surface area contributed by atoms with E-state index in [1.54, 1.807) is 0 Å². The molecule has 1 aromatic carbocycles. The van der Waals surface area contributed by atoms with Gasteiger partial charge in [0, 0.05) is 25.9 Å². The third kappa shape index (κ3) is 3.82. The van der Waals surface area contributed by atoms with Crippen molar-refractivity contribution in [3.8, 4) is 5.75 Å². The first-order valence-corrected chi connectivity index (χ1v) is 8.73. The van der Waals surface area contributed by atoms with E-state index in [0.717, 1.165) is 48.7 Å². The van der Waals surface area contributed by atoms with E-state index in [2.05, 4.69) is 20.8 Å². The van der Waals surface area contributed by atoms with Gasteiger partial charge in [0.1, 0.15) is 5.75 Å². The van der Waals surface area contributed by atoms with Crippen LogP contribution >= 0.6 is 0 Å². The van der Waals surface area contributed by atoms with Gasteiger partial charge in [0.25, 0.3) is 5.91 Å². The Morgan fingerprint density at radius 2 is 2.24 bits per heavy atom. The monoisotopic (exact) mass is 342 g/mol. The third-order valence-electron chi connectivity index (χ3n) is 4.84. The first kappa shape index (κ1) is 16.1. The first-order valence-electron chi connectivity index (χ1n) is 8.73. The Balaban J connectivity index is 1.29. The number of ether oxygens (including phenoxy) is 1. The molecule has 4 rings (SSSR count). The van der Waals surface area contributed by atoms with Crippen molar-refractivity contribution in [1.29, 1.82) is 0 Å². The highest BCUT2D eigenvalue weighted by Crippen LogP contribution is 2.30. The molecule has 0 unspecified atom stereocenters. The van der Waals surface area contributed by atoms with Gasteiger partial charge in [0.15, 0.2) is 6.61 Å². The number of amides is 1. The summed E-state index contributed by atoms with van der Waals surface area (Å²) in [6.45, 7) is 2.69. The van der Waals surface area contributed by atoms with Crippen LogP contribution in [0.4, 0.5) is 5.69 Å². The average molecular weight is 342 g/mol. The van der Waals surface area contributed by atoms with Gasteiger partial charge in [-0.15, -0.1) is 10.2 Å². The standard InChI is InChI=1S/C18H22N4O3/c1-11-21-22-18(25-11)8-12-2-4-14(6-12)19-9-13-3-5-16-15(7-13)20-17(23)10-24-16/h3,5,7,12,14,19H,2,4,6,8-10H2,1H3,(H,20,23)/t12-,14+/m1/s1. The molecular formula is C18H22N4O3. The Morgan fingerprint density at radius 3 is 3.08 bits per heavy atom. The summed E-state index contributed by atoms with van der Waals surface area (Å²) in [6, 6.07) is 6.43. The maximum atomic E-state index is 11.4. The van der Waals surface area contributed by atoms with Gasteiger partial charge in [-0.2, -0.15) is 0 Å². The molecule has 25 heavy (non-hydrogen) atoms. The van der Waals surface area contributed by atoms with Gasteiger partial charge in [0.2, 0.25) is 11.8 Å². The van der Waals surface area contributed by atoms with Crippen molar-refractivity contribution in [1.82, 2.24) is 15.5 Å². The zero-order valence-corrected chi connectivity index (χ0v) is 14.2. The molecule has 2 aromatic rings. The summed E-state index contributed by atoms with van der Waals surface area (Å²) < 4.78 is 10.9. The Bertz CT molecular complexity index is 773. The van der Waals surface area contributed by atoms with Crippen LogP contribution in [0, 0.1) is 12.8 Å². The Morgan fingerprint density at radius 1 is 1.32 bits per heavy atom. The molecule has 132 valence electrons. The number of rotatable bonds is 5. The highest BCUT2D eigenvalue weighted by molar-refractivity contribution is 5.95. The van der Waals surface area contributed by atoms with Crippen molar-refractivity contribution in [2.24, 2.45) is 5.92 Å². The normalized spacial score (nSPS) is 22.4. The van der Waals surface area contributed by atoms with Crippen molar-refractivity contribution in [3.05, 3.63) is 35.5 Å². The lowest BCUT2D eigenvalue weighted by Gasteiger charge is -2.19. The molecule has 2 N–H and O–H groups in total. The van der Waals surface area contributed by atoms with E-state index in [4.69, 9.17) is 9.15 Å². The van der Waals surface area contributed by atoms with Gasteiger partial charge in [-0.05, 0) is 42.9 Å². The minimum atomic E-state index is -0.104. The van der Waals surface area contributed by atoms with Crippen molar-refractivity contribution in [3.63, 3.8) is 0 Å². The number of nitrogens with one attached hydrogen (secondary N) is 2. The zero-order valence-electron chi connectivity index (χ0n) is 14.2. The predicted molar refractivity (Wildman–Crippen MR) is 91.3 cm³/mol. The van der Waals surface area contributed by atoms with Crippen molar-refractivity contribution in [2.45, 2.75) is 45.2 Å². The molecule has 0 saturated heterocycles. The predicted octanol–water partition coefficient (Wildman–Crippen LogP) is 2.21. The van der Waals surface area contributed by atoms with Gasteiger partial charge in [-0.1, -0.05) is 6.07 Å². The lowest BCUT2D eigenvalue weighted by molar-refractivity contribution is -0.118. The van der Waals surface area contributed by atoms with Gasteiger partial charge in [-0.3, -0.25) is 4.79 Å². The van der Waals surface area contributed by atoms with Gasteiger partial charge < -0.3 is 19.8 Å². The van der Waals surface area contributed by atoms with Crippen LogP contribution in [0.1, 0.15) is 36.6 Å². The van der Waals surface area contributed by atoms with Crippen LogP contribution in [0.25, 0.3) is 0 Å². The SMILES string of the molecule is Cc1nnc(C[C@@H]2CC[C@H](NCc3ccc4c(c3)NC(=O)CO4)C2)o1. The van der Waals surface area contributed by atoms with Crippen LogP contribution in [0.15, 0.2) is 22.6 Å². The van der Waals surface area contributed by atoms with E-state index in [0.29, 0.717) is 17.9 Å². The molecule has 1 aliphatic carbocycles. The number of aryl methyl sites for hydroxylation is 1. The quantitative estimate of drug-likeness (QED) is 0.866. The lowest BCUT2D eigenvalue weighted by Crippen LogP contribution is -2.27. The number of anilines is 1. The lowest BCUT2D eigenvalue weighted by atomic mass is 10.0. The first-order chi connectivity index (χ1) is 12.2. The summed E-state index contributed by atoms with van der Waals surface area (Å²) in [5.74, 6) is 2.60. The maximum absolute atomic E-state index is 11.4. The summed E-state index contributed by atoms with van der Waals surface area (Å²) in [5, 5.41) is 14.4. The minimum Gasteiger partial charge on any atom is -0.482 e. The fraction of sp³-hybridized carbons (Fsp3) is 0.500. The maximum Gasteiger partial charge on any atom is 0.262 e. The van der Waals surface area contributed by atoms with Crippen molar-refractivity contribution >= 4 is 11.6 Å². The zero-order chi connectivity index (χ0) is 17.2. The molecule has 1 fully saturated rings. The highest BCUT2D eigenvalue weighted by Gasteiger charge is 2.26. The molecule has 0 bridgehead atoms. The molecule has 1 aliphatic heterocycles. The number of nitrogens with zero attached hydrogens (tertiary/aromatic N) is 2. The molecule has 0 spiro atoms. The number of benzene rings is 1. The van der Waals surface area contributed by atoms with Crippen LogP contribution in [-0.4, -0.2) is 28.8 Å². The molecular weight excluding hydrogens is 320 g/mol. The van der Waals surface area contributed by atoms with Crippen LogP contribution in [-0.2, 0) is 17.8 Å². The Kier molecular flexibility index (Phi) is 4.40. The number of fused-ring (bicyclic) bond motifs is 1. The largest absolute Gasteiger partial charge is 0.482 e. The van der Waals surface area contributed by atoms with Crippen molar-refractivity contribution < 1.29 is 13.9 Å². The fourth-order valence-electron chi connectivity index (χ4n) is 3.62. The van der Waals surface area contributed by atoms with E-state index in [9.17, 15) is 4.79 Å². The fourth-order valence-corrected chi connectivity index (χ4v) is 3.62. The van der Waals surface area contributed by atoms with Gasteiger partial charge in [0.05, 0.1) is 5.69 Å². The molecule has 2 aliphatic rings. The molecule has 1 amide bonds. The number of hydrogen-bond acceptors (Lipinski definition) is 6. The van der Waals surface area contributed by atoms with Gasteiger partial charge >= 0.3 is 0 Å². The number of carbonyl (C=O) groups is 1. The second kappa shape index (κ2) is 6.84. The summed E-state index contributed by atoms with van der Waals surface area (Å²) in [6.07, 6.45) is 4.31. The van der Waals surface area contributed by atoms with Crippen LogP contribution < -0.4 is 15.4 Å². The van der Waals surface area contributed by atoms with E-state index in [1.807, 2.05) is 25.1 Å². The van der Waals surface area contributed by atoms with E-state index in [-0.39, 0.29) is 12.5 Å². The summed E-state index contributed by atoms with van der Waals surface area (Å²) in [5.41, 5.74) is 1.90. The topological polar surface area (TPSA) is 89.3 Å². The molecule has 0 radical (unpaired) electrons.